The van der Waals surface area contributed by atoms with E-state index in [-0.39, 0.29) is 5.69 Å². The van der Waals surface area contributed by atoms with Crippen LogP contribution in [0.2, 0.25) is 0 Å². The molecule has 1 aliphatic rings. The van der Waals surface area contributed by atoms with Crippen molar-refractivity contribution in [2.45, 2.75) is 25.8 Å². The normalized spacial score (nSPS) is 22.8. The van der Waals surface area contributed by atoms with E-state index in [1.165, 1.54) is 12.1 Å². The van der Waals surface area contributed by atoms with Gasteiger partial charge in [-0.2, -0.15) is 0 Å². The minimum atomic E-state index is -0.441. The number of rotatable bonds is 2. The highest BCUT2D eigenvalue weighted by molar-refractivity contribution is 5.59. The summed E-state index contributed by atoms with van der Waals surface area (Å²) in [4.78, 5) is 0. The highest BCUT2D eigenvalue weighted by atomic mass is 19.1. The zero-order valence-electron chi connectivity index (χ0n) is 10.0. The molecule has 1 aromatic heterocycles. The molecule has 1 saturated carbocycles. The first-order valence-electron chi connectivity index (χ1n) is 5.98. The Morgan fingerprint density at radius 2 is 2.17 bits per heavy atom. The van der Waals surface area contributed by atoms with E-state index >= 15 is 0 Å². The molecule has 1 aliphatic carbocycles. The Balaban J connectivity index is 1.96. The van der Waals surface area contributed by atoms with Gasteiger partial charge in [0.1, 0.15) is 5.82 Å². The Hall–Kier alpha value is -1.98. The second-order valence-corrected chi connectivity index (χ2v) is 4.91. The van der Waals surface area contributed by atoms with Gasteiger partial charge in [-0.25, -0.2) is 9.07 Å². The summed E-state index contributed by atoms with van der Waals surface area (Å²) in [6, 6.07) is 4.97. The van der Waals surface area contributed by atoms with Crippen LogP contribution in [0.5, 0.6) is 0 Å². The van der Waals surface area contributed by atoms with Gasteiger partial charge in [-0.3, -0.25) is 0 Å². The van der Waals surface area contributed by atoms with Crippen molar-refractivity contribution >= 4 is 5.69 Å². The fraction of sp³-hybridized carbons (Fsp3) is 0.417. The summed E-state index contributed by atoms with van der Waals surface area (Å²) in [5.41, 5.74) is 6.25. The molecule has 0 spiro atoms. The molecule has 0 aliphatic heterocycles. The van der Waals surface area contributed by atoms with Crippen LogP contribution in [0.15, 0.2) is 18.2 Å². The number of hydrogen-bond acceptors (Lipinski definition) is 4. The van der Waals surface area contributed by atoms with Crippen LogP contribution in [0.1, 0.15) is 25.8 Å². The first-order valence-corrected chi connectivity index (χ1v) is 5.98. The summed E-state index contributed by atoms with van der Waals surface area (Å²) in [7, 11) is 0. The van der Waals surface area contributed by atoms with Crippen LogP contribution in [-0.4, -0.2) is 20.2 Å². The largest absolute Gasteiger partial charge is 0.396 e. The van der Waals surface area contributed by atoms with Crippen LogP contribution in [0.3, 0.4) is 0 Å². The van der Waals surface area contributed by atoms with Gasteiger partial charge in [-0.15, -0.1) is 5.10 Å². The van der Waals surface area contributed by atoms with E-state index in [4.69, 9.17) is 5.73 Å². The molecular weight excluding hydrogens is 233 g/mol. The van der Waals surface area contributed by atoms with E-state index in [1.807, 2.05) is 0 Å². The molecule has 0 saturated heterocycles. The zero-order chi connectivity index (χ0) is 12.7. The predicted molar refractivity (Wildman–Crippen MR) is 65.1 cm³/mol. The number of nitrogens with two attached hydrogens (primary N) is 1. The predicted octanol–water partition coefficient (Wildman–Crippen LogP) is 2.03. The minimum absolute atomic E-state index is 0.134. The molecule has 5 nitrogen and oxygen atoms in total. The van der Waals surface area contributed by atoms with Crippen LogP contribution >= 0.6 is 0 Å². The van der Waals surface area contributed by atoms with Gasteiger partial charge >= 0.3 is 0 Å². The second-order valence-electron chi connectivity index (χ2n) is 4.91. The SMILES string of the molecule is CC1CC(n2nnnc2-c2ccc(N)c(F)c2)C1. The van der Waals surface area contributed by atoms with Crippen molar-refractivity contribution in [3.05, 3.63) is 24.0 Å². The Kier molecular flexibility index (Phi) is 2.50. The lowest BCUT2D eigenvalue weighted by molar-refractivity contribution is 0.199. The average Bonchev–Trinajstić information content (AvgIpc) is 2.77. The van der Waals surface area contributed by atoms with Crippen molar-refractivity contribution in [3.8, 4) is 11.4 Å². The third-order valence-electron chi connectivity index (χ3n) is 3.45. The van der Waals surface area contributed by atoms with E-state index in [0.717, 1.165) is 12.8 Å². The van der Waals surface area contributed by atoms with Crippen LogP contribution in [0.25, 0.3) is 11.4 Å². The number of nitrogen functional groups attached to an aromatic ring is 1. The molecule has 1 fully saturated rings. The van der Waals surface area contributed by atoms with Gasteiger partial charge in [0, 0.05) is 5.56 Å². The number of tetrazole rings is 1. The van der Waals surface area contributed by atoms with Gasteiger partial charge in [-0.05, 0) is 47.4 Å². The molecule has 1 heterocycles. The van der Waals surface area contributed by atoms with Gasteiger partial charge in [0.15, 0.2) is 5.82 Å². The molecule has 94 valence electrons. The molecule has 18 heavy (non-hydrogen) atoms. The zero-order valence-corrected chi connectivity index (χ0v) is 10.0. The first kappa shape index (κ1) is 11.1. The van der Waals surface area contributed by atoms with Crippen molar-refractivity contribution < 1.29 is 4.39 Å². The van der Waals surface area contributed by atoms with E-state index in [2.05, 4.69) is 22.4 Å². The molecule has 2 N–H and O–H groups in total. The van der Waals surface area contributed by atoms with Crippen LogP contribution < -0.4 is 5.73 Å². The van der Waals surface area contributed by atoms with E-state index in [9.17, 15) is 4.39 Å². The maximum Gasteiger partial charge on any atom is 0.182 e. The topological polar surface area (TPSA) is 69.6 Å². The monoisotopic (exact) mass is 247 g/mol. The molecule has 1 aromatic carbocycles. The van der Waals surface area contributed by atoms with Gasteiger partial charge < -0.3 is 5.73 Å². The molecule has 0 atom stereocenters. The Morgan fingerprint density at radius 1 is 1.39 bits per heavy atom. The molecule has 6 heteroatoms. The van der Waals surface area contributed by atoms with E-state index < -0.39 is 5.82 Å². The Bertz CT molecular complexity index is 574. The van der Waals surface area contributed by atoms with Crippen molar-refractivity contribution in [2.75, 3.05) is 5.73 Å². The standard InChI is InChI=1S/C12H14FN5/c1-7-4-9(5-7)18-12(15-16-17-18)8-2-3-11(14)10(13)6-8/h2-3,6-7,9H,4-5,14H2,1H3. The first-order chi connectivity index (χ1) is 8.65. The molecule has 0 bridgehead atoms. The van der Waals surface area contributed by atoms with Crippen molar-refractivity contribution in [1.29, 1.82) is 0 Å². The number of hydrogen-bond donors (Lipinski definition) is 1. The average molecular weight is 247 g/mol. The lowest BCUT2D eigenvalue weighted by atomic mass is 9.82. The van der Waals surface area contributed by atoms with E-state index in [0.29, 0.717) is 23.3 Å². The maximum absolute atomic E-state index is 13.5. The third kappa shape index (κ3) is 1.73. The van der Waals surface area contributed by atoms with Crippen LogP contribution in [0.4, 0.5) is 10.1 Å². The highest BCUT2D eigenvalue weighted by Gasteiger charge is 2.30. The molecule has 0 amide bonds. The summed E-state index contributed by atoms with van der Waals surface area (Å²) in [6.45, 7) is 2.20. The minimum Gasteiger partial charge on any atom is -0.396 e. The van der Waals surface area contributed by atoms with Crippen LogP contribution in [-0.2, 0) is 0 Å². The second kappa shape index (κ2) is 4.04. The summed E-state index contributed by atoms with van der Waals surface area (Å²) in [6.07, 6.45) is 2.13. The van der Waals surface area contributed by atoms with Gasteiger partial charge in [0.05, 0.1) is 11.7 Å². The number of nitrogens with zero attached hydrogens (tertiary/aromatic N) is 4. The van der Waals surface area contributed by atoms with Gasteiger partial charge in [0.25, 0.3) is 0 Å². The van der Waals surface area contributed by atoms with Crippen molar-refractivity contribution in [2.24, 2.45) is 5.92 Å². The lowest BCUT2D eigenvalue weighted by Gasteiger charge is -2.32. The number of aromatic nitrogens is 4. The quantitative estimate of drug-likeness (QED) is 0.824. The highest BCUT2D eigenvalue weighted by Crippen LogP contribution is 2.38. The van der Waals surface area contributed by atoms with Gasteiger partial charge in [-0.1, -0.05) is 6.92 Å². The van der Waals surface area contributed by atoms with Crippen molar-refractivity contribution in [1.82, 2.24) is 20.2 Å². The molecule has 0 unspecified atom stereocenters. The third-order valence-corrected chi connectivity index (χ3v) is 3.45. The number of benzene rings is 1. The smallest absolute Gasteiger partial charge is 0.182 e. The summed E-state index contributed by atoms with van der Waals surface area (Å²) in [5, 5.41) is 11.7. The molecule has 2 aromatic rings. The summed E-state index contributed by atoms with van der Waals surface area (Å²) < 4.78 is 15.2. The number of halogens is 1. The Labute approximate surface area is 104 Å². The fourth-order valence-electron chi connectivity index (χ4n) is 2.36. The van der Waals surface area contributed by atoms with Crippen molar-refractivity contribution in [3.63, 3.8) is 0 Å². The summed E-state index contributed by atoms with van der Waals surface area (Å²) in [5.74, 6) is 0.866. The fourth-order valence-corrected chi connectivity index (χ4v) is 2.36. The lowest BCUT2D eigenvalue weighted by Crippen LogP contribution is -2.26. The number of anilines is 1. The molecular formula is C12H14FN5. The summed E-state index contributed by atoms with van der Waals surface area (Å²) >= 11 is 0. The van der Waals surface area contributed by atoms with Crippen LogP contribution in [0, 0.1) is 11.7 Å². The van der Waals surface area contributed by atoms with E-state index in [1.54, 1.807) is 10.7 Å². The van der Waals surface area contributed by atoms with Gasteiger partial charge in [0.2, 0.25) is 0 Å². The Morgan fingerprint density at radius 3 is 2.83 bits per heavy atom. The maximum atomic E-state index is 13.5. The molecule has 3 rings (SSSR count). The molecule has 0 radical (unpaired) electrons.